The molecule has 3 nitrogen and oxygen atoms in total. The topological polar surface area (TPSA) is 43.8 Å². The van der Waals surface area contributed by atoms with Crippen molar-refractivity contribution in [2.24, 2.45) is 7.05 Å². The number of aryl methyl sites for hydroxylation is 3. The summed E-state index contributed by atoms with van der Waals surface area (Å²) in [4.78, 5) is 4.51. The van der Waals surface area contributed by atoms with Crippen molar-refractivity contribution in [2.75, 3.05) is 5.73 Å². The van der Waals surface area contributed by atoms with Gasteiger partial charge < -0.3 is 10.3 Å². The Hall–Kier alpha value is -1.77. The van der Waals surface area contributed by atoms with E-state index in [1.165, 1.54) is 11.1 Å². The van der Waals surface area contributed by atoms with E-state index in [0.29, 0.717) is 0 Å². The maximum Gasteiger partial charge on any atom is 0.131 e. The van der Waals surface area contributed by atoms with Crippen molar-refractivity contribution >= 4 is 5.82 Å². The third-order valence-electron chi connectivity index (χ3n) is 3.00. The van der Waals surface area contributed by atoms with Gasteiger partial charge in [-0.15, -0.1) is 0 Å². The van der Waals surface area contributed by atoms with Crippen LogP contribution in [0.15, 0.2) is 18.2 Å². The molecule has 84 valence electrons. The van der Waals surface area contributed by atoms with E-state index in [-0.39, 0.29) is 0 Å². The Balaban J connectivity index is 2.63. The van der Waals surface area contributed by atoms with Crippen LogP contribution in [0, 0.1) is 20.8 Å². The standard InChI is InChI=1S/C13H17N3/c1-8-5-6-11(9(2)7-8)12-13(14)16(4)10(3)15-12/h5-7H,14H2,1-4H3. The zero-order chi connectivity index (χ0) is 11.9. The quantitative estimate of drug-likeness (QED) is 0.794. The summed E-state index contributed by atoms with van der Waals surface area (Å²) in [5.74, 6) is 1.66. The van der Waals surface area contributed by atoms with E-state index in [1.54, 1.807) is 0 Å². The van der Waals surface area contributed by atoms with Gasteiger partial charge in [-0.3, -0.25) is 0 Å². The third kappa shape index (κ3) is 1.58. The summed E-state index contributed by atoms with van der Waals surface area (Å²) < 4.78 is 1.91. The van der Waals surface area contributed by atoms with Crippen LogP contribution < -0.4 is 5.73 Å². The van der Waals surface area contributed by atoms with Crippen LogP contribution >= 0.6 is 0 Å². The molecular weight excluding hydrogens is 198 g/mol. The molecule has 16 heavy (non-hydrogen) atoms. The molecule has 2 N–H and O–H groups in total. The predicted octanol–water partition coefficient (Wildman–Crippen LogP) is 2.59. The van der Waals surface area contributed by atoms with Gasteiger partial charge in [0.25, 0.3) is 0 Å². The predicted molar refractivity (Wildman–Crippen MR) is 67.3 cm³/mol. The number of nitrogens with two attached hydrogens (primary N) is 1. The molecular formula is C13H17N3. The summed E-state index contributed by atoms with van der Waals surface area (Å²) in [5.41, 5.74) is 10.5. The molecule has 0 fully saturated rings. The second kappa shape index (κ2) is 3.67. The second-order valence-corrected chi connectivity index (χ2v) is 4.27. The molecule has 3 heteroatoms. The molecule has 0 aliphatic carbocycles. The highest BCUT2D eigenvalue weighted by Gasteiger charge is 2.12. The molecule has 0 atom stereocenters. The molecule has 0 amide bonds. The SMILES string of the molecule is Cc1ccc(-c2nc(C)n(C)c2N)c(C)c1. The first kappa shape index (κ1) is 10.7. The molecule has 0 saturated heterocycles. The number of hydrogen-bond donors (Lipinski definition) is 1. The number of benzene rings is 1. The summed E-state index contributed by atoms with van der Waals surface area (Å²) in [6.45, 7) is 6.14. The maximum absolute atomic E-state index is 6.04. The van der Waals surface area contributed by atoms with Gasteiger partial charge in [-0.1, -0.05) is 23.8 Å². The minimum atomic E-state index is 0.726. The van der Waals surface area contributed by atoms with E-state index in [4.69, 9.17) is 5.73 Å². The van der Waals surface area contributed by atoms with Crippen LogP contribution in [0.3, 0.4) is 0 Å². The van der Waals surface area contributed by atoms with E-state index < -0.39 is 0 Å². The second-order valence-electron chi connectivity index (χ2n) is 4.27. The number of imidazole rings is 1. The Morgan fingerprint density at radius 2 is 1.88 bits per heavy atom. The molecule has 0 saturated carbocycles. The minimum Gasteiger partial charge on any atom is -0.383 e. The zero-order valence-electron chi connectivity index (χ0n) is 10.2. The van der Waals surface area contributed by atoms with Crippen LogP contribution in [0.2, 0.25) is 0 Å². The van der Waals surface area contributed by atoms with Gasteiger partial charge in [0, 0.05) is 12.6 Å². The van der Waals surface area contributed by atoms with E-state index in [1.807, 2.05) is 18.5 Å². The zero-order valence-corrected chi connectivity index (χ0v) is 10.2. The Bertz CT molecular complexity index is 538. The first-order valence-corrected chi connectivity index (χ1v) is 5.37. The number of nitrogen functional groups attached to an aromatic ring is 1. The van der Waals surface area contributed by atoms with Gasteiger partial charge in [0.1, 0.15) is 17.3 Å². The lowest BCUT2D eigenvalue weighted by atomic mass is 10.0. The van der Waals surface area contributed by atoms with Crippen molar-refractivity contribution in [3.05, 3.63) is 35.2 Å². The summed E-state index contributed by atoms with van der Waals surface area (Å²) in [6.07, 6.45) is 0. The van der Waals surface area contributed by atoms with E-state index in [0.717, 1.165) is 22.9 Å². The van der Waals surface area contributed by atoms with E-state index in [9.17, 15) is 0 Å². The molecule has 0 bridgehead atoms. The fourth-order valence-corrected chi connectivity index (χ4v) is 1.90. The van der Waals surface area contributed by atoms with Gasteiger partial charge in [-0.2, -0.15) is 0 Å². The van der Waals surface area contributed by atoms with Crippen molar-refractivity contribution in [1.82, 2.24) is 9.55 Å². The lowest BCUT2D eigenvalue weighted by Crippen LogP contribution is -1.98. The van der Waals surface area contributed by atoms with Crippen molar-refractivity contribution < 1.29 is 0 Å². The van der Waals surface area contributed by atoms with Gasteiger partial charge in [0.2, 0.25) is 0 Å². The molecule has 1 aromatic heterocycles. The van der Waals surface area contributed by atoms with Gasteiger partial charge in [-0.25, -0.2) is 4.98 Å². The van der Waals surface area contributed by atoms with Crippen LogP contribution in [-0.2, 0) is 7.05 Å². The first-order chi connectivity index (χ1) is 7.50. The molecule has 2 rings (SSSR count). The molecule has 1 aromatic carbocycles. The minimum absolute atomic E-state index is 0.726. The highest BCUT2D eigenvalue weighted by atomic mass is 15.1. The van der Waals surface area contributed by atoms with Crippen molar-refractivity contribution in [1.29, 1.82) is 0 Å². The number of hydrogen-bond acceptors (Lipinski definition) is 2. The number of anilines is 1. The maximum atomic E-state index is 6.04. The lowest BCUT2D eigenvalue weighted by molar-refractivity contribution is 0.868. The molecule has 0 aliphatic rings. The summed E-state index contributed by atoms with van der Waals surface area (Å²) >= 11 is 0. The fraction of sp³-hybridized carbons (Fsp3) is 0.308. The summed E-state index contributed by atoms with van der Waals surface area (Å²) in [5, 5.41) is 0. The van der Waals surface area contributed by atoms with Crippen LogP contribution in [0.1, 0.15) is 17.0 Å². The van der Waals surface area contributed by atoms with E-state index >= 15 is 0 Å². The number of aromatic nitrogens is 2. The monoisotopic (exact) mass is 215 g/mol. The van der Waals surface area contributed by atoms with Gasteiger partial charge >= 0.3 is 0 Å². The Morgan fingerprint density at radius 3 is 2.38 bits per heavy atom. The smallest absolute Gasteiger partial charge is 0.131 e. The summed E-state index contributed by atoms with van der Waals surface area (Å²) in [7, 11) is 1.94. The third-order valence-corrected chi connectivity index (χ3v) is 3.00. The van der Waals surface area contributed by atoms with E-state index in [2.05, 4.69) is 37.0 Å². The van der Waals surface area contributed by atoms with Crippen LogP contribution in [-0.4, -0.2) is 9.55 Å². The van der Waals surface area contributed by atoms with Crippen molar-refractivity contribution in [3.63, 3.8) is 0 Å². The molecule has 0 aliphatic heterocycles. The fourth-order valence-electron chi connectivity index (χ4n) is 1.90. The molecule has 0 radical (unpaired) electrons. The van der Waals surface area contributed by atoms with Gasteiger partial charge in [-0.05, 0) is 26.3 Å². The van der Waals surface area contributed by atoms with Crippen molar-refractivity contribution in [2.45, 2.75) is 20.8 Å². The first-order valence-electron chi connectivity index (χ1n) is 5.37. The molecule has 1 heterocycles. The molecule has 2 aromatic rings. The molecule has 0 spiro atoms. The average Bonchev–Trinajstić information content (AvgIpc) is 2.46. The highest BCUT2D eigenvalue weighted by molar-refractivity contribution is 5.73. The number of rotatable bonds is 1. The van der Waals surface area contributed by atoms with Crippen LogP contribution in [0.5, 0.6) is 0 Å². The average molecular weight is 215 g/mol. The summed E-state index contributed by atoms with van der Waals surface area (Å²) in [6, 6.07) is 6.33. The lowest BCUT2D eigenvalue weighted by Gasteiger charge is -2.05. The largest absolute Gasteiger partial charge is 0.383 e. The van der Waals surface area contributed by atoms with Crippen LogP contribution in [0.25, 0.3) is 11.3 Å². The Morgan fingerprint density at radius 1 is 1.19 bits per heavy atom. The normalized spacial score (nSPS) is 10.8. The Kier molecular flexibility index (Phi) is 2.46. The Labute approximate surface area is 95.9 Å². The van der Waals surface area contributed by atoms with Crippen LogP contribution in [0.4, 0.5) is 5.82 Å². The van der Waals surface area contributed by atoms with Gasteiger partial charge in [0.15, 0.2) is 0 Å². The highest BCUT2D eigenvalue weighted by Crippen LogP contribution is 2.28. The van der Waals surface area contributed by atoms with Crippen molar-refractivity contribution in [3.8, 4) is 11.3 Å². The number of nitrogens with zero attached hydrogens (tertiary/aromatic N) is 2. The molecule has 0 unspecified atom stereocenters. The van der Waals surface area contributed by atoms with Gasteiger partial charge in [0.05, 0.1) is 0 Å².